The number of aliphatic carboxylic acids is 1. The summed E-state index contributed by atoms with van der Waals surface area (Å²) in [7, 11) is 0. The molecular formula is C7H9NO2S. The Balaban J connectivity index is 2.79. The van der Waals surface area contributed by atoms with Crippen molar-refractivity contribution in [1.82, 2.24) is 4.37 Å². The SMILES string of the molecule is CCC(C(=O)O)c1ccsn1. The van der Waals surface area contributed by atoms with E-state index in [1.807, 2.05) is 6.92 Å². The molecule has 0 saturated carbocycles. The number of hydrogen-bond acceptors (Lipinski definition) is 3. The molecule has 60 valence electrons. The van der Waals surface area contributed by atoms with Gasteiger partial charge in [0.1, 0.15) is 0 Å². The first-order chi connectivity index (χ1) is 5.25. The summed E-state index contributed by atoms with van der Waals surface area (Å²) in [6.45, 7) is 1.85. The highest BCUT2D eigenvalue weighted by molar-refractivity contribution is 7.03. The summed E-state index contributed by atoms with van der Waals surface area (Å²) in [6, 6.07) is 1.76. The summed E-state index contributed by atoms with van der Waals surface area (Å²) in [5.74, 6) is -1.22. The third-order valence-corrected chi connectivity index (χ3v) is 2.10. The molecule has 0 bridgehead atoms. The minimum absolute atomic E-state index is 0.429. The van der Waals surface area contributed by atoms with Crippen LogP contribution in [0.25, 0.3) is 0 Å². The van der Waals surface area contributed by atoms with Crippen LogP contribution in [0.1, 0.15) is 25.0 Å². The Labute approximate surface area is 68.8 Å². The molecule has 1 rings (SSSR count). The molecule has 0 radical (unpaired) electrons. The molecule has 0 spiro atoms. The molecule has 0 saturated heterocycles. The van der Waals surface area contributed by atoms with E-state index in [0.29, 0.717) is 12.1 Å². The molecule has 3 nitrogen and oxygen atoms in total. The smallest absolute Gasteiger partial charge is 0.312 e. The number of rotatable bonds is 3. The summed E-state index contributed by atoms with van der Waals surface area (Å²) in [5, 5.41) is 10.5. The van der Waals surface area contributed by atoms with Crippen molar-refractivity contribution >= 4 is 17.5 Å². The lowest BCUT2D eigenvalue weighted by Gasteiger charge is -2.03. The predicted octanol–water partition coefficient (Wildman–Crippen LogP) is 1.72. The van der Waals surface area contributed by atoms with Crippen LogP contribution in [0.4, 0.5) is 0 Å². The number of carbonyl (C=O) groups is 1. The molecular weight excluding hydrogens is 162 g/mol. The Kier molecular flexibility index (Phi) is 2.59. The van der Waals surface area contributed by atoms with Gasteiger partial charge in [0, 0.05) is 5.38 Å². The predicted molar refractivity (Wildman–Crippen MR) is 42.8 cm³/mol. The van der Waals surface area contributed by atoms with Crippen LogP contribution >= 0.6 is 11.5 Å². The van der Waals surface area contributed by atoms with E-state index in [4.69, 9.17) is 5.11 Å². The Morgan fingerprint density at radius 3 is 3.00 bits per heavy atom. The van der Waals surface area contributed by atoms with Gasteiger partial charge in [0.05, 0.1) is 11.6 Å². The van der Waals surface area contributed by atoms with Gasteiger partial charge in [-0.3, -0.25) is 4.79 Å². The van der Waals surface area contributed by atoms with E-state index in [2.05, 4.69) is 4.37 Å². The van der Waals surface area contributed by atoms with Crippen LogP contribution in [0.15, 0.2) is 11.4 Å². The van der Waals surface area contributed by atoms with Crippen LogP contribution in [-0.4, -0.2) is 15.4 Å². The Bertz CT molecular complexity index is 233. The van der Waals surface area contributed by atoms with Crippen molar-refractivity contribution in [1.29, 1.82) is 0 Å². The van der Waals surface area contributed by atoms with Crippen LogP contribution < -0.4 is 0 Å². The van der Waals surface area contributed by atoms with Crippen LogP contribution in [0.2, 0.25) is 0 Å². The van der Waals surface area contributed by atoms with Crippen molar-refractivity contribution in [2.45, 2.75) is 19.3 Å². The van der Waals surface area contributed by atoms with Crippen molar-refractivity contribution in [3.8, 4) is 0 Å². The topological polar surface area (TPSA) is 50.2 Å². The number of carboxylic acids is 1. The number of aromatic nitrogens is 1. The molecule has 1 atom stereocenters. The fourth-order valence-corrected chi connectivity index (χ4v) is 1.48. The zero-order valence-electron chi connectivity index (χ0n) is 6.15. The van der Waals surface area contributed by atoms with Gasteiger partial charge >= 0.3 is 5.97 Å². The molecule has 4 heteroatoms. The second-order valence-electron chi connectivity index (χ2n) is 2.22. The van der Waals surface area contributed by atoms with E-state index in [0.717, 1.165) is 0 Å². The lowest BCUT2D eigenvalue weighted by molar-refractivity contribution is -0.138. The van der Waals surface area contributed by atoms with Gasteiger partial charge in [-0.2, -0.15) is 4.37 Å². The van der Waals surface area contributed by atoms with Crippen LogP contribution in [-0.2, 0) is 4.79 Å². The van der Waals surface area contributed by atoms with Crippen molar-refractivity contribution in [2.75, 3.05) is 0 Å². The lowest BCUT2D eigenvalue weighted by atomic mass is 10.0. The number of carboxylic acid groups (broad SMARTS) is 1. The van der Waals surface area contributed by atoms with Gasteiger partial charge in [-0.25, -0.2) is 0 Å². The third-order valence-electron chi connectivity index (χ3n) is 1.52. The van der Waals surface area contributed by atoms with E-state index < -0.39 is 11.9 Å². The molecule has 11 heavy (non-hydrogen) atoms. The normalized spacial score (nSPS) is 12.8. The first-order valence-corrected chi connectivity index (χ1v) is 4.22. The summed E-state index contributed by atoms with van der Waals surface area (Å²) in [6.07, 6.45) is 0.596. The average Bonchev–Trinajstić information content (AvgIpc) is 2.40. The third kappa shape index (κ3) is 1.77. The number of nitrogens with zero attached hydrogens (tertiary/aromatic N) is 1. The van der Waals surface area contributed by atoms with E-state index in [1.165, 1.54) is 11.5 Å². The molecule has 1 heterocycles. The fourth-order valence-electron chi connectivity index (χ4n) is 0.912. The zero-order chi connectivity index (χ0) is 8.27. The zero-order valence-corrected chi connectivity index (χ0v) is 6.97. The molecule has 0 amide bonds. The van der Waals surface area contributed by atoms with Gasteiger partial charge in [0.2, 0.25) is 0 Å². The van der Waals surface area contributed by atoms with Crippen molar-refractivity contribution in [3.63, 3.8) is 0 Å². The van der Waals surface area contributed by atoms with Crippen LogP contribution in [0, 0.1) is 0 Å². The summed E-state index contributed by atoms with van der Waals surface area (Å²) in [4.78, 5) is 10.6. The van der Waals surface area contributed by atoms with E-state index in [1.54, 1.807) is 11.4 Å². The summed E-state index contributed by atoms with van der Waals surface area (Å²) >= 11 is 1.29. The Morgan fingerprint density at radius 1 is 1.91 bits per heavy atom. The molecule has 0 aliphatic rings. The van der Waals surface area contributed by atoms with Gasteiger partial charge in [-0.15, -0.1) is 0 Å². The molecule has 0 fully saturated rings. The molecule has 0 aromatic carbocycles. The number of hydrogen-bond donors (Lipinski definition) is 1. The van der Waals surface area contributed by atoms with Gasteiger partial charge in [-0.1, -0.05) is 6.92 Å². The summed E-state index contributed by atoms with van der Waals surface area (Å²) < 4.78 is 3.97. The van der Waals surface area contributed by atoms with Gasteiger partial charge in [0.15, 0.2) is 0 Å². The van der Waals surface area contributed by atoms with Crippen LogP contribution in [0.3, 0.4) is 0 Å². The quantitative estimate of drug-likeness (QED) is 0.753. The van der Waals surface area contributed by atoms with E-state index >= 15 is 0 Å². The standard InChI is InChI=1S/C7H9NO2S/c1-2-5(7(9)10)6-3-4-11-8-6/h3-5H,2H2,1H3,(H,9,10). The molecule has 0 aliphatic carbocycles. The largest absolute Gasteiger partial charge is 0.481 e. The second-order valence-corrected chi connectivity index (χ2v) is 2.89. The lowest BCUT2D eigenvalue weighted by Crippen LogP contribution is -2.10. The molecule has 1 N–H and O–H groups in total. The maximum absolute atomic E-state index is 10.6. The summed E-state index contributed by atoms with van der Waals surface area (Å²) in [5.41, 5.74) is 0.671. The highest BCUT2D eigenvalue weighted by Gasteiger charge is 2.18. The van der Waals surface area contributed by atoms with Gasteiger partial charge in [-0.05, 0) is 24.0 Å². The van der Waals surface area contributed by atoms with Crippen molar-refractivity contribution in [2.24, 2.45) is 0 Å². The van der Waals surface area contributed by atoms with Crippen LogP contribution in [0.5, 0.6) is 0 Å². The molecule has 1 aromatic rings. The Hall–Kier alpha value is -0.900. The van der Waals surface area contributed by atoms with Gasteiger partial charge < -0.3 is 5.11 Å². The Morgan fingerprint density at radius 2 is 2.64 bits per heavy atom. The first-order valence-electron chi connectivity index (χ1n) is 3.38. The van der Waals surface area contributed by atoms with E-state index in [9.17, 15) is 4.79 Å². The minimum atomic E-state index is -0.793. The molecule has 1 unspecified atom stereocenters. The van der Waals surface area contributed by atoms with E-state index in [-0.39, 0.29) is 0 Å². The maximum atomic E-state index is 10.6. The monoisotopic (exact) mass is 171 g/mol. The van der Waals surface area contributed by atoms with Crippen molar-refractivity contribution < 1.29 is 9.90 Å². The highest BCUT2D eigenvalue weighted by Crippen LogP contribution is 2.18. The molecule has 1 aromatic heterocycles. The first kappa shape index (κ1) is 8.20. The second kappa shape index (κ2) is 3.48. The highest BCUT2D eigenvalue weighted by atomic mass is 32.1. The van der Waals surface area contributed by atoms with Gasteiger partial charge in [0.25, 0.3) is 0 Å². The average molecular weight is 171 g/mol. The maximum Gasteiger partial charge on any atom is 0.312 e. The minimum Gasteiger partial charge on any atom is -0.481 e. The van der Waals surface area contributed by atoms with Crippen molar-refractivity contribution in [3.05, 3.63) is 17.1 Å². The fraction of sp³-hybridized carbons (Fsp3) is 0.429. The molecule has 0 aliphatic heterocycles.